The lowest BCUT2D eigenvalue weighted by atomic mass is 9.97. The molecule has 0 radical (unpaired) electrons. The van der Waals surface area contributed by atoms with Crippen LogP contribution in [0.3, 0.4) is 0 Å². The number of rotatable bonds is 2. The third-order valence-corrected chi connectivity index (χ3v) is 3.74. The van der Waals surface area contributed by atoms with Crippen molar-refractivity contribution in [1.82, 2.24) is 19.9 Å². The summed E-state index contributed by atoms with van der Waals surface area (Å²) in [5.41, 5.74) is 2.35. The Morgan fingerprint density at radius 3 is 2.95 bits per heavy atom. The molecular weight excluding hydrogens is 309 g/mol. The maximum atomic E-state index is 8.66. The van der Waals surface area contributed by atoms with Crippen LogP contribution in [0.25, 0.3) is 17.7 Å². The molecular formula is C14H9Cl2N5. The lowest BCUT2D eigenvalue weighted by Crippen LogP contribution is -2.07. The summed E-state index contributed by atoms with van der Waals surface area (Å²) >= 11 is 12.5. The van der Waals surface area contributed by atoms with Crippen LogP contribution in [-0.2, 0) is 6.42 Å². The number of aromatic amines is 1. The summed E-state index contributed by atoms with van der Waals surface area (Å²) < 4.78 is 0. The maximum Gasteiger partial charge on any atom is 0.197 e. The number of halogens is 2. The van der Waals surface area contributed by atoms with Crippen LogP contribution < -0.4 is 0 Å². The third kappa shape index (κ3) is 2.68. The van der Waals surface area contributed by atoms with Crippen LogP contribution in [0.15, 0.2) is 29.1 Å². The molecule has 1 aliphatic carbocycles. The van der Waals surface area contributed by atoms with E-state index in [1.807, 2.05) is 0 Å². The van der Waals surface area contributed by atoms with E-state index in [0.29, 0.717) is 40.4 Å². The van der Waals surface area contributed by atoms with Gasteiger partial charge in [0.05, 0.1) is 18.2 Å². The molecule has 0 bridgehead atoms. The van der Waals surface area contributed by atoms with Crippen molar-refractivity contribution < 1.29 is 0 Å². The highest BCUT2D eigenvalue weighted by molar-refractivity contribution is 6.35. The summed E-state index contributed by atoms with van der Waals surface area (Å²) in [5.74, 6) is 0.976. The molecule has 1 aliphatic rings. The standard InChI is InChI=1S/C14H9Cl2N5/c15-10-7-11-9(6-8(10)2-1-3-17)12(16)21-14(20-11)13-18-4-5-19-13/h2,4-5,7H,1,6H2,(H,18,19). The van der Waals surface area contributed by atoms with Gasteiger partial charge < -0.3 is 4.98 Å². The van der Waals surface area contributed by atoms with Gasteiger partial charge in [-0.05, 0) is 11.6 Å². The van der Waals surface area contributed by atoms with Crippen LogP contribution >= 0.6 is 23.2 Å². The molecule has 0 aliphatic heterocycles. The van der Waals surface area contributed by atoms with Gasteiger partial charge in [-0.15, -0.1) is 0 Å². The minimum atomic E-state index is 0.303. The Bertz CT molecular complexity index is 784. The molecule has 0 amide bonds. The zero-order valence-electron chi connectivity index (χ0n) is 10.8. The predicted molar refractivity (Wildman–Crippen MR) is 80.5 cm³/mol. The van der Waals surface area contributed by atoms with Crippen molar-refractivity contribution in [3.8, 4) is 17.7 Å². The highest BCUT2D eigenvalue weighted by Crippen LogP contribution is 2.33. The van der Waals surface area contributed by atoms with Gasteiger partial charge in [0, 0.05) is 29.4 Å². The number of hydrogen-bond acceptors (Lipinski definition) is 4. The van der Waals surface area contributed by atoms with Crippen molar-refractivity contribution >= 4 is 29.3 Å². The number of fused-ring (bicyclic) bond motifs is 1. The molecule has 0 aromatic carbocycles. The number of hydrogen-bond donors (Lipinski definition) is 1. The summed E-state index contributed by atoms with van der Waals surface area (Å²) in [5, 5.41) is 9.59. The van der Waals surface area contributed by atoms with Crippen molar-refractivity contribution in [1.29, 1.82) is 5.26 Å². The number of H-pyrrole nitrogens is 1. The molecule has 104 valence electrons. The molecule has 0 saturated heterocycles. The van der Waals surface area contributed by atoms with Gasteiger partial charge >= 0.3 is 0 Å². The second-order valence-electron chi connectivity index (χ2n) is 4.40. The quantitative estimate of drug-likeness (QED) is 0.860. The van der Waals surface area contributed by atoms with Crippen LogP contribution in [0.2, 0.25) is 5.15 Å². The summed E-state index contributed by atoms with van der Waals surface area (Å²) in [7, 11) is 0. The Morgan fingerprint density at radius 2 is 2.24 bits per heavy atom. The van der Waals surface area contributed by atoms with E-state index < -0.39 is 0 Å². The Balaban J connectivity index is 2.06. The second kappa shape index (κ2) is 5.68. The highest BCUT2D eigenvalue weighted by atomic mass is 35.5. The number of imidazole rings is 1. The summed E-state index contributed by atoms with van der Waals surface area (Å²) in [6, 6.07) is 2.06. The number of nitrogens with zero attached hydrogens (tertiary/aromatic N) is 4. The van der Waals surface area contributed by atoms with Crippen molar-refractivity contribution in [3.05, 3.63) is 45.5 Å². The van der Waals surface area contributed by atoms with Crippen molar-refractivity contribution in [3.63, 3.8) is 0 Å². The molecule has 0 saturated carbocycles. The van der Waals surface area contributed by atoms with Gasteiger partial charge in [-0.2, -0.15) is 5.26 Å². The second-order valence-corrected chi connectivity index (χ2v) is 5.17. The van der Waals surface area contributed by atoms with E-state index in [1.165, 1.54) is 0 Å². The minimum Gasteiger partial charge on any atom is -0.342 e. The van der Waals surface area contributed by atoms with Crippen LogP contribution in [-0.4, -0.2) is 19.9 Å². The third-order valence-electron chi connectivity index (χ3n) is 3.08. The molecule has 3 rings (SSSR count). The topological polar surface area (TPSA) is 78.2 Å². The fourth-order valence-corrected chi connectivity index (χ4v) is 2.57. The molecule has 0 atom stereocenters. The average Bonchev–Trinajstić information content (AvgIpc) is 2.99. The maximum absolute atomic E-state index is 8.66. The van der Waals surface area contributed by atoms with Crippen molar-refractivity contribution in [2.24, 2.45) is 0 Å². The van der Waals surface area contributed by atoms with Crippen molar-refractivity contribution in [2.45, 2.75) is 12.8 Å². The van der Waals surface area contributed by atoms with E-state index in [0.717, 1.165) is 11.1 Å². The molecule has 0 unspecified atom stereocenters. The van der Waals surface area contributed by atoms with Gasteiger partial charge in [-0.1, -0.05) is 29.3 Å². The Labute approximate surface area is 131 Å². The van der Waals surface area contributed by atoms with Gasteiger partial charge in [0.2, 0.25) is 0 Å². The van der Waals surface area contributed by atoms with Gasteiger partial charge in [-0.25, -0.2) is 15.0 Å². The monoisotopic (exact) mass is 317 g/mol. The minimum absolute atomic E-state index is 0.303. The summed E-state index contributed by atoms with van der Waals surface area (Å²) in [6.07, 6.45) is 7.67. The first-order valence-corrected chi connectivity index (χ1v) is 6.94. The van der Waals surface area contributed by atoms with E-state index in [9.17, 15) is 0 Å². The first kappa shape index (κ1) is 13.8. The van der Waals surface area contributed by atoms with Gasteiger partial charge in [0.25, 0.3) is 0 Å². The van der Waals surface area contributed by atoms with E-state index in [-0.39, 0.29) is 0 Å². The first-order valence-electron chi connectivity index (χ1n) is 6.18. The normalized spacial score (nSPS) is 15.5. The van der Waals surface area contributed by atoms with E-state index in [2.05, 4.69) is 26.0 Å². The van der Waals surface area contributed by atoms with Gasteiger partial charge in [0.15, 0.2) is 11.6 Å². The van der Waals surface area contributed by atoms with Crippen LogP contribution in [0.1, 0.15) is 17.7 Å². The Morgan fingerprint density at radius 1 is 1.38 bits per heavy atom. The zero-order chi connectivity index (χ0) is 14.8. The van der Waals surface area contributed by atoms with Gasteiger partial charge in [-0.3, -0.25) is 0 Å². The largest absolute Gasteiger partial charge is 0.342 e. The Hall–Kier alpha value is -2.16. The summed E-state index contributed by atoms with van der Waals surface area (Å²) in [4.78, 5) is 15.8. The van der Waals surface area contributed by atoms with Crippen molar-refractivity contribution in [2.75, 3.05) is 0 Å². The Kier molecular flexibility index (Phi) is 3.74. The first-order chi connectivity index (χ1) is 10.2. The van der Waals surface area contributed by atoms with E-state index >= 15 is 0 Å². The molecule has 1 N–H and O–H groups in total. The molecule has 2 aromatic rings. The lowest BCUT2D eigenvalue weighted by molar-refractivity contribution is 1.02. The molecule has 2 heterocycles. The SMILES string of the molecule is N#CCC=C1Cc2c(Cl)nc(-c3ncc[nH]3)nc2C=C1Cl. The van der Waals surface area contributed by atoms with Crippen LogP contribution in [0.5, 0.6) is 0 Å². The van der Waals surface area contributed by atoms with E-state index in [1.54, 1.807) is 24.5 Å². The highest BCUT2D eigenvalue weighted by Gasteiger charge is 2.20. The lowest BCUT2D eigenvalue weighted by Gasteiger charge is -2.16. The smallest absolute Gasteiger partial charge is 0.197 e. The van der Waals surface area contributed by atoms with Crippen LogP contribution in [0, 0.1) is 11.3 Å². The average molecular weight is 318 g/mol. The molecule has 5 nitrogen and oxygen atoms in total. The van der Waals surface area contributed by atoms with Crippen LogP contribution in [0.4, 0.5) is 0 Å². The van der Waals surface area contributed by atoms with E-state index in [4.69, 9.17) is 28.5 Å². The number of allylic oxidation sites excluding steroid dienone is 3. The fraction of sp³-hybridized carbons (Fsp3) is 0.143. The molecule has 21 heavy (non-hydrogen) atoms. The molecule has 2 aromatic heterocycles. The zero-order valence-corrected chi connectivity index (χ0v) is 12.3. The number of aromatic nitrogens is 4. The summed E-state index contributed by atoms with van der Waals surface area (Å²) in [6.45, 7) is 0. The predicted octanol–water partition coefficient (Wildman–Crippen LogP) is 3.50. The fourth-order valence-electron chi connectivity index (χ4n) is 2.08. The molecule has 0 fully saturated rings. The number of nitrogens with one attached hydrogen (secondary N) is 1. The number of nitriles is 1. The molecule has 0 spiro atoms. The molecule has 7 heteroatoms. The van der Waals surface area contributed by atoms with Gasteiger partial charge in [0.1, 0.15) is 5.15 Å².